The maximum atomic E-state index is 5.37. The number of methoxy groups -OCH3 is 1. The molecule has 0 saturated heterocycles. The molecule has 0 bridgehead atoms. The van der Waals surface area contributed by atoms with E-state index in [2.05, 4.69) is 41.4 Å². The molecule has 138 valence electrons. The van der Waals surface area contributed by atoms with Gasteiger partial charge >= 0.3 is 0 Å². The van der Waals surface area contributed by atoms with Crippen LogP contribution in [-0.2, 0) is 6.54 Å². The number of para-hydroxylation sites is 1. The fourth-order valence-electron chi connectivity index (χ4n) is 2.24. The van der Waals surface area contributed by atoms with Crippen molar-refractivity contribution in [3.63, 3.8) is 0 Å². The molecule has 5 nitrogen and oxygen atoms in total. The molecular weight excluding hydrogens is 415 g/mol. The van der Waals surface area contributed by atoms with Gasteiger partial charge < -0.3 is 20.3 Å². The van der Waals surface area contributed by atoms with Gasteiger partial charge in [-0.2, -0.15) is 0 Å². The molecule has 0 amide bonds. The molecule has 0 aliphatic heterocycles. The highest BCUT2D eigenvalue weighted by Gasteiger charge is 2.03. The van der Waals surface area contributed by atoms with Gasteiger partial charge in [0.1, 0.15) is 5.75 Å². The zero-order valence-electron chi connectivity index (χ0n) is 15.5. The van der Waals surface area contributed by atoms with E-state index in [9.17, 15) is 0 Å². The molecule has 0 aliphatic carbocycles. The molecule has 0 aliphatic rings. The van der Waals surface area contributed by atoms with E-state index in [0.717, 1.165) is 43.5 Å². The standard InChI is InChI=1S/C18H32N4O.HI/c1-5-7-13-22(3)14-12-20-18(19-6-2)21-15-16-10-8-9-11-17(16)23-4;/h8-11H,5-7,12-15H2,1-4H3,(H2,19,20,21);1H. The van der Waals surface area contributed by atoms with E-state index in [1.54, 1.807) is 7.11 Å². The molecule has 0 aromatic heterocycles. The second kappa shape index (κ2) is 14.3. The van der Waals surface area contributed by atoms with E-state index in [1.807, 2.05) is 24.3 Å². The fraction of sp³-hybridized carbons (Fsp3) is 0.611. The Morgan fingerprint density at radius 2 is 1.92 bits per heavy atom. The lowest BCUT2D eigenvalue weighted by atomic mass is 10.2. The Morgan fingerprint density at radius 1 is 1.17 bits per heavy atom. The van der Waals surface area contributed by atoms with Crippen molar-refractivity contribution in [2.75, 3.05) is 40.3 Å². The summed E-state index contributed by atoms with van der Waals surface area (Å²) in [5.41, 5.74) is 1.09. The Bertz CT molecular complexity index is 468. The maximum Gasteiger partial charge on any atom is 0.191 e. The quantitative estimate of drug-likeness (QED) is 0.328. The van der Waals surface area contributed by atoms with Crippen LogP contribution in [0.15, 0.2) is 29.3 Å². The molecule has 0 heterocycles. The van der Waals surface area contributed by atoms with Crippen LogP contribution in [0.4, 0.5) is 0 Å². The summed E-state index contributed by atoms with van der Waals surface area (Å²) in [7, 11) is 3.86. The van der Waals surface area contributed by atoms with Crippen molar-refractivity contribution in [1.82, 2.24) is 15.5 Å². The number of guanidine groups is 1. The lowest BCUT2D eigenvalue weighted by molar-refractivity contribution is 0.332. The number of nitrogens with one attached hydrogen (secondary N) is 2. The molecule has 0 saturated carbocycles. The molecule has 1 aromatic carbocycles. The third-order valence-electron chi connectivity index (χ3n) is 3.62. The highest BCUT2D eigenvalue weighted by molar-refractivity contribution is 14.0. The summed E-state index contributed by atoms with van der Waals surface area (Å²) in [6, 6.07) is 8.00. The zero-order valence-corrected chi connectivity index (χ0v) is 17.8. The predicted octanol–water partition coefficient (Wildman–Crippen LogP) is 3.10. The number of nitrogens with zero attached hydrogens (tertiary/aromatic N) is 2. The van der Waals surface area contributed by atoms with Crippen LogP contribution in [0.25, 0.3) is 0 Å². The molecule has 0 unspecified atom stereocenters. The summed E-state index contributed by atoms with van der Waals surface area (Å²) in [6.07, 6.45) is 2.49. The number of halogens is 1. The molecule has 0 radical (unpaired) electrons. The van der Waals surface area contributed by atoms with Gasteiger partial charge in [-0.15, -0.1) is 24.0 Å². The summed E-state index contributed by atoms with van der Waals surface area (Å²) in [4.78, 5) is 6.99. The second-order valence-electron chi connectivity index (χ2n) is 5.59. The number of rotatable bonds is 10. The normalized spacial score (nSPS) is 11.1. The van der Waals surface area contributed by atoms with E-state index in [1.165, 1.54) is 12.8 Å². The number of hydrogen-bond acceptors (Lipinski definition) is 3. The minimum Gasteiger partial charge on any atom is -0.496 e. The number of aliphatic imine (C=N–C) groups is 1. The zero-order chi connectivity index (χ0) is 16.9. The van der Waals surface area contributed by atoms with Gasteiger partial charge in [0.05, 0.1) is 13.7 Å². The first-order valence-corrected chi connectivity index (χ1v) is 8.53. The summed E-state index contributed by atoms with van der Waals surface area (Å²) >= 11 is 0. The van der Waals surface area contributed by atoms with Crippen molar-refractivity contribution in [3.8, 4) is 5.75 Å². The van der Waals surface area contributed by atoms with Crippen LogP contribution < -0.4 is 15.4 Å². The number of ether oxygens (including phenoxy) is 1. The Labute approximate surface area is 164 Å². The highest BCUT2D eigenvalue weighted by atomic mass is 127. The number of likely N-dealkylation sites (N-methyl/N-ethyl adjacent to an activating group) is 1. The van der Waals surface area contributed by atoms with Crippen LogP contribution in [0.1, 0.15) is 32.3 Å². The Balaban J connectivity index is 0.00000529. The van der Waals surface area contributed by atoms with E-state index in [-0.39, 0.29) is 24.0 Å². The van der Waals surface area contributed by atoms with Crippen LogP contribution >= 0.6 is 24.0 Å². The van der Waals surface area contributed by atoms with Gasteiger partial charge in [0.15, 0.2) is 5.96 Å². The van der Waals surface area contributed by atoms with Crippen LogP contribution in [0, 0.1) is 0 Å². The van der Waals surface area contributed by atoms with Gasteiger partial charge in [-0.3, -0.25) is 0 Å². The number of hydrogen-bond donors (Lipinski definition) is 2. The Hall–Kier alpha value is -1.02. The minimum absolute atomic E-state index is 0. The number of unbranched alkanes of at least 4 members (excludes halogenated alkanes) is 1. The van der Waals surface area contributed by atoms with Crippen molar-refractivity contribution in [3.05, 3.63) is 29.8 Å². The van der Waals surface area contributed by atoms with E-state index in [0.29, 0.717) is 6.54 Å². The average molecular weight is 448 g/mol. The van der Waals surface area contributed by atoms with Gasteiger partial charge in [-0.1, -0.05) is 31.5 Å². The van der Waals surface area contributed by atoms with E-state index in [4.69, 9.17) is 4.74 Å². The summed E-state index contributed by atoms with van der Waals surface area (Å²) in [6.45, 7) is 8.80. The van der Waals surface area contributed by atoms with Crippen molar-refractivity contribution in [2.24, 2.45) is 4.99 Å². The first-order valence-electron chi connectivity index (χ1n) is 8.53. The smallest absolute Gasteiger partial charge is 0.191 e. The molecule has 0 fully saturated rings. The lowest BCUT2D eigenvalue weighted by Crippen LogP contribution is -2.41. The highest BCUT2D eigenvalue weighted by Crippen LogP contribution is 2.17. The van der Waals surface area contributed by atoms with Gasteiger partial charge in [-0.25, -0.2) is 4.99 Å². The topological polar surface area (TPSA) is 48.9 Å². The minimum atomic E-state index is 0. The fourth-order valence-corrected chi connectivity index (χ4v) is 2.24. The number of benzene rings is 1. The third kappa shape index (κ3) is 9.32. The van der Waals surface area contributed by atoms with Gasteiger partial charge in [0, 0.05) is 25.2 Å². The largest absolute Gasteiger partial charge is 0.496 e. The molecule has 2 N–H and O–H groups in total. The van der Waals surface area contributed by atoms with Gasteiger partial charge in [-0.05, 0) is 33.0 Å². The lowest BCUT2D eigenvalue weighted by Gasteiger charge is -2.18. The summed E-state index contributed by atoms with van der Waals surface area (Å²) < 4.78 is 5.37. The van der Waals surface area contributed by atoms with E-state index >= 15 is 0 Å². The Kier molecular flexibility index (Phi) is 13.7. The Morgan fingerprint density at radius 3 is 2.58 bits per heavy atom. The molecule has 6 heteroatoms. The first kappa shape index (κ1) is 23.0. The van der Waals surface area contributed by atoms with Crippen LogP contribution in [0.2, 0.25) is 0 Å². The molecule has 1 rings (SSSR count). The van der Waals surface area contributed by atoms with Crippen LogP contribution in [-0.4, -0.2) is 51.2 Å². The van der Waals surface area contributed by atoms with E-state index < -0.39 is 0 Å². The van der Waals surface area contributed by atoms with Crippen molar-refractivity contribution < 1.29 is 4.74 Å². The molecule has 0 atom stereocenters. The van der Waals surface area contributed by atoms with Crippen molar-refractivity contribution in [1.29, 1.82) is 0 Å². The predicted molar refractivity (Wildman–Crippen MR) is 114 cm³/mol. The van der Waals surface area contributed by atoms with Crippen molar-refractivity contribution in [2.45, 2.75) is 33.2 Å². The molecule has 24 heavy (non-hydrogen) atoms. The summed E-state index contributed by atoms with van der Waals surface area (Å²) in [5, 5.41) is 6.68. The van der Waals surface area contributed by atoms with Gasteiger partial charge in [0.2, 0.25) is 0 Å². The van der Waals surface area contributed by atoms with Gasteiger partial charge in [0.25, 0.3) is 0 Å². The molecule has 1 aromatic rings. The SMILES string of the molecule is CCCCN(C)CCNC(=NCc1ccccc1OC)NCC.I. The first-order chi connectivity index (χ1) is 11.2. The maximum absolute atomic E-state index is 5.37. The van der Waals surface area contributed by atoms with Crippen molar-refractivity contribution >= 4 is 29.9 Å². The van der Waals surface area contributed by atoms with Crippen LogP contribution in [0.3, 0.4) is 0 Å². The molecule has 0 spiro atoms. The monoisotopic (exact) mass is 448 g/mol. The third-order valence-corrected chi connectivity index (χ3v) is 3.62. The average Bonchev–Trinajstić information content (AvgIpc) is 2.58. The molecular formula is C18H33IN4O. The second-order valence-corrected chi connectivity index (χ2v) is 5.59. The summed E-state index contributed by atoms with van der Waals surface area (Å²) in [5.74, 6) is 1.73. The van der Waals surface area contributed by atoms with Crippen LogP contribution in [0.5, 0.6) is 5.75 Å².